The first-order valence-electron chi connectivity index (χ1n) is 12.3. The SMILES string of the molecule is CC(C)(C)OC(=O)N1CCC(c2ccc3c(c2)c(C#C[Si](C)(C)C)nn3OC(=O)C(C)(C)C)CC1. The molecule has 1 aromatic carbocycles. The maximum absolute atomic E-state index is 12.5. The van der Waals surface area contributed by atoms with Crippen molar-refractivity contribution in [2.75, 3.05) is 13.1 Å². The molecule has 0 saturated carbocycles. The molecule has 0 atom stereocenters. The summed E-state index contributed by atoms with van der Waals surface area (Å²) >= 11 is 0. The number of hydrogen-bond acceptors (Lipinski definition) is 5. The van der Waals surface area contributed by atoms with Crippen LogP contribution >= 0.6 is 0 Å². The molecule has 2 heterocycles. The van der Waals surface area contributed by atoms with Gasteiger partial charge in [-0.15, -0.1) is 10.6 Å². The number of likely N-dealkylation sites (tertiary alicyclic amines) is 1. The van der Waals surface area contributed by atoms with E-state index >= 15 is 0 Å². The number of nitrogens with zero attached hydrogens (tertiary/aromatic N) is 3. The van der Waals surface area contributed by atoms with Crippen LogP contribution in [0.1, 0.15) is 71.6 Å². The van der Waals surface area contributed by atoms with Gasteiger partial charge in [0.05, 0.1) is 5.41 Å². The van der Waals surface area contributed by atoms with E-state index < -0.39 is 19.1 Å². The first-order chi connectivity index (χ1) is 16.0. The first kappa shape index (κ1) is 26.8. The summed E-state index contributed by atoms with van der Waals surface area (Å²) in [5.41, 5.74) is 4.75. The Morgan fingerprint density at radius 3 is 2.23 bits per heavy atom. The van der Waals surface area contributed by atoms with Crippen molar-refractivity contribution in [3.05, 3.63) is 29.5 Å². The molecular weight excluding hydrogens is 458 g/mol. The molecule has 190 valence electrons. The van der Waals surface area contributed by atoms with Gasteiger partial charge in [-0.25, -0.2) is 9.59 Å². The number of piperidine rings is 1. The van der Waals surface area contributed by atoms with Gasteiger partial charge in [0.25, 0.3) is 0 Å². The van der Waals surface area contributed by atoms with Crippen molar-refractivity contribution < 1.29 is 19.2 Å². The highest BCUT2D eigenvalue weighted by Crippen LogP contribution is 2.32. The monoisotopic (exact) mass is 497 g/mol. The van der Waals surface area contributed by atoms with Gasteiger partial charge in [0.2, 0.25) is 0 Å². The van der Waals surface area contributed by atoms with Gasteiger partial charge in [-0.1, -0.05) is 36.5 Å². The van der Waals surface area contributed by atoms with Crippen molar-refractivity contribution in [3.63, 3.8) is 0 Å². The second-order valence-electron chi connectivity index (χ2n) is 12.4. The smallest absolute Gasteiger partial charge is 0.410 e. The molecule has 1 aliphatic heterocycles. The number of carbonyl (C=O) groups excluding carboxylic acids is 2. The van der Waals surface area contributed by atoms with Crippen LogP contribution in [0.25, 0.3) is 10.9 Å². The molecule has 2 aromatic rings. The van der Waals surface area contributed by atoms with Crippen LogP contribution in [0.5, 0.6) is 0 Å². The van der Waals surface area contributed by atoms with E-state index in [0.717, 1.165) is 23.7 Å². The summed E-state index contributed by atoms with van der Waals surface area (Å²) in [7, 11) is -1.63. The van der Waals surface area contributed by atoms with Crippen LogP contribution in [-0.4, -0.2) is 53.7 Å². The number of fused-ring (bicyclic) bond motifs is 1. The van der Waals surface area contributed by atoms with E-state index in [-0.39, 0.29) is 12.1 Å². The quantitative estimate of drug-likeness (QED) is 0.411. The van der Waals surface area contributed by atoms with E-state index in [1.165, 1.54) is 10.4 Å². The summed E-state index contributed by atoms with van der Waals surface area (Å²) in [5.74, 6) is 3.21. The molecule has 1 aromatic heterocycles. The number of aromatic nitrogens is 2. The number of rotatable bonds is 2. The van der Waals surface area contributed by atoms with E-state index in [0.29, 0.717) is 24.7 Å². The molecule has 1 saturated heterocycles. The normalized spacial score (nSPS) is 15.5. The Hall–Kier alpha value is -2.79. The van der Waals surface area contributed by atoms with Crippen LogP contribution in [0.15, 0.2) is 18.2 Å². The highest BCUT2D eigenvalue weighted by molar-refractivity contribution is 6.83. The number of carbonyl (C=O) groups is 2. The fraction of sp³-hybridized carbons (Fsp3) is 0.593. The molecule has 0 spiro atoms. The average molecular weight is 498 g/mol. The maximum atomic E-state index is 12.5. The summed E-state index contributed by atoms with van der Waals surface area (Å²) < 4.78 is 5.53. The van der Waals surface area contributed by atoms with Crippen molar-refractivity contribution >= 4 is 31.0 Å². The molecule has 7 nitrogen and oxygen atoms in total. The van der Waals surface area contributed by atoms with Gasteiger partial charge in [-0.2, -0.15) is 0 Å². The Morgan fingerprint density at radius 1 is 1.06 bits per heavy atom. The molecule has 3 rings (SSSR count). The zero-order chi connectivity index (χ0) is 26.2. The Morgan fingerprint density at radius 2 is 1.69 bits per heavy atom. The standard InChI is InChI=1S/C27H39N3O4Si/c1-26(2,3)24(31)34-30-23-11-10-20(18-21(23)22(28-30)14-17-35(7,8)9)19-12-15-29(16-13-19)25(32)33-27(4,5)6/h10-11,18-19H,12-13,15-16H2,1-9H3. The summed E-state index contributed by atoms with van der Waals surface area (Å²) in [6, 6.07) is 6.13. The third kappa shape index (κ3) is 7.11. The lowest BCUT2D eigenvalue weighted by Gasteiger charge is -2.33. The van der Waals surface area contributed by atoms with Gasteiger partial charge in [0, 0.05) is 18.5 Å². The largest absolute Gasteiger partial charge is 0.444 e. The zero-order valence-corrected chi connectivity index (χ0v) is 23.6. The Balaban J connectivity index is 1.88. The lowest BCUT2D eigenvalue weighted by Crippen LogP contribution is -2.41. The molecule has 0 radical (unpaired) electrons. The second-order valence-corrected chi connectivity index (χ2v) is 17.1. The van der Waals surface area contributed by atoms with Crippen molar-refractivity contribution in [3.8, 4) is 11.5 Å². The third-order valence-corrected chi connectivity index (χ3v) is 6.50. The predicted octanol–water partition coefficient (Wildman–Crippen LogP) is 5.38. The molecular formula is C27H39N3O4Si. The van der Waals surface area contributed by atoms with Gasteiger partial charge < -0.3 is 14.5 Å². The van der Waals surface area contributed by atoms with Crippen LogP contribution < -0.4 is 4.84 Å². The molecule has 35 heavy (non-hydrogen) atoms. The molecule has 0 unspecified atom stereocenters. The Kier molecular flexibility index (Phi) is 7.42. The van der Waals surface area contributed by atoms with E-state index in [4.69, 9.17) is 9.57 Å². The van der Waals surface area contributed by atoms with Crippen molar-refractivity contribution in [2.24, 2.45) is 5.41 Å². The molecule has 1 aliphatic rings. The lowest BCUT2D eigenvalue weighted by molar-refractivity contribution is -0.154. The van der Waals surface area contributed by atoms with E-state index in [9.17, 15) is 9.59 Å². The van der Waals surface area contributed by atoms with Gasteiger partial charge in [-0.3, -0.25) is 0 Å². The highest BCUT2D eigenvalue weighted by Gasteiger charge is 2.29. The molecule has 0 bridgehead atoms. The summed E-state index contributed by atoms with van der Waals surface area (Å²) in [4.78, 5) is 33.7. The average Bonchev–Trinajstić information content (AvgIpc) is 3.07. The van der Waals surface area contributed by atoms with Gasteiger partial charge in [0.15, 0.2) is 0 Å². The topological polar surface area (TPSA) is 73.7 Å². The summed E-state index contributed by atoms with van der Waals surface area (Å²) in [6.45, 7) is 19.0. The van der Waals surface area contributed by atoms with Crippen molar-refractivity contribution in [1.29, 1.82) is 0 Å². The molecule has 1 amide bonds. The third-order valence-electron chi connectivity index (χ3n) is 5.63. The summed E-state index contributed by atoms with van der Waals surface area (Å²) in [5, 5.41) is 5.43. The van der Waals surface area contributed by atoms with Gasteiger partial charge >= 0.3 is 12.1 Å². The molecule has 0 aliphatic carbocycles. The molecule has 8 heteroatoms. The van der Waals surface area contributed by atoms with E-state index in [1.54, 1.807) is 4.90 Å². The second kappa shape index (κ2) is 9.69. The molecule has 1 fully saturated rings. The van der Waals surface area contributed by atoms with Crippen LogP contribution in [0.2, 0.25) is 19.6 Å². The minimum Gasteiger partial charge on any atom is -0.444 e. The minimum atomic E-state index is -1.63. The predicted molar refractivity (Wildman–Crippen MR) is 141 cm³/mol. The van der Waals surface area contributed by atoms with Crippen LogP contribution in [0, 0.1) is 16.9 Å². The summed E-state index contributed by atoms with van der Waals surface area (Å²) in [6.07, 6.45) is 1.46. The Bertz CT molecular complexity index is 1160. The Labute approximate surface area is 210 Å². The maximum Gasteiger partial charge on any atom is 0.410 e. The van der Waals surface area contributed by atoms with Crippen LogP contribution in [0.3, 0.4) is 0 Å². The number of hydrogen-bond donors (Lipinski definition) is 0. The van der Waals surface area contributed by atoms with Gasteiger partial charge in [-0.05, 0) is 78.0 Å². The number of benzene rings is 1. The highest BCUT2D eigenvalue weighted by atomic mass is 28.3. The van der Waals surface area contributed by atoms with Crippen LogP contribution in [-0.2, 0) is 9.53 Å². The van der Waals surface area contributed by atoms with Gasteiger partial charge in [0.1, 0.15) is 24.9 Å². The van der Waals surface area contributed by atoms with E-state index in [1.807, 2.05) is 47.6 Å². The number of amides is 1. The first-order valence-corrected chi connectivity index (χ1v) is 15.8. The van der Waals surface area contributed by atoms with E-state index in [2.05, 4.69) is 48.3 Å². The zero-order valence-electron chi connectivity index (χ0n) is 22.6. The van der Waals surface area contributed by atoms with Crippen molar-refractivity contribution in [2.45, 2.75) is 85.5 Å². The number of ether oxygens (including phenoxy) is 1. The van der Waals surface area contributed by atoms with Crippen LogP contribution in [0.4, 0.5) is 4.79 Å². The fourth-order valence-corrected chi connectivity index (χ4v) is 4.20. The fourth-order valence-electron chi connectivity index (χ4n) is 3.71. The lowest BCUT2D eigenvalue weighted by atomic mass is 9.89. The van der Waals surface area contributed by atoms with Crippen molar-refractivity contribution in [1.82, 2.24) is 14.8 Å². The molecule has 0 N–H and O–H groups in total. The minimum absolute atomic E-state index is 0.253.